The zero-order valence-electron chi connectivity index (χ0n) is 26.5. The molecule has 1 aliphatic heterocycles. The van der Waals surface area contributed by atoms with E-state index in [-0.39, 0.29) is 31.1 Å². The molecule has 0 spiro atoms. The van der Waals surface area contributed by atoms with Gasteiger partial charge in [-0.3, -0.25) is 28.8 Å². The Morgan fingerprint density at radius 3 is 2.02 bits per heavy atom. The summed E-state index contributed by atoms with van der Waals surface area (Å²) in [5.74, 6) is -6.81. The molecule has 0 aliphatic carbocycles. The van der Waals surface area contributed by atoms with Crippen molar-refractivity contribution in [2.24, 2.45) is 11.7 Å². The third-order valence-corrected chi connectivity index (χ3v) is 7.68. The average Bonchev–Trinajstić information content (AvgIpc) is 3.51. The highest BCUT2D eigenvalue weighted by molar-refractivity contribution is 5.96. The molecule has 0 aromatic heterocycles. The lowest BCUT2D eigenvalue weighted by atomic mass is 10.0. The van der Waals surface area contributed by atoms with Gasteiger partial charge in [-0.15, -0.1) is 0 Å². The maximum atomic E-state index is 13.2. The number of amides is 5. The second kappa shape index (κ2) is 17.8. The van der Waals surface area contributed by atoms with Gasteiger partial charge in [-0.2, -0.15) is 0 Å². The Morgan fingerprint density at radius 2 is 1.47 bits per heavy atom. The molecule has 1 saturated heterocycles. The first-order chi connectivity index (χ1) is 22.0. The summed E-state index contributed by atoms with van der Waals surface area (Å²) in [5.41, 5.74) is 6.32. The Morgan fingerprint density at radius 1 is 0.872 bits per heavy atom. The molecular formula is C30H44N6O11. The van der Waals surface area contributed by atoms with Crippen molar-refractivity contribution in [3.8, 4) is 5.75 Å². The van der Waals surface area contributed by atoms with Gasteiger partial charge in [-0.25, -0.2) is 4.79 Å². The van der Waals surface area contributed by atoms with Crippen LogP contribution in [-0.2, 0) is 40.0 Å². The minimum Gasteiger partial charge on any atom is -0.508 e. The van der Waals surface area contributed by atoms with Crippen molar-refractivity contribution in [1.82, 2.24) is 26.2 Å². The predicted octanol–water partition coefficient (Wildman–Crippen LogP) is -2.19. The topological polar surface area (TPSA) is 278 Å². The molecule has 47 heavy (non-hydrogen) atoms. The molecule has 0 unspecified atom stereocenters. The third kappa shape index (κ3) is 11.5. The van der Waals surface area contributed by atoms with Crippen LogP contribution in [0.2, 0.25) is 0 Å². The van der Waals surface area contributed by atoms with Gasteiger partial charge >= 0.3 is 11.9 Å². The van der Waals surface area contributed by atoms with Crippen LogP contribution < -0.4 is 27.0 Å². The number of carboxylic acids is 2. The van der Waals surface area contributed by atoms with E-state index in [0.717, 1.165) is 0 Å². The standard InChI is InChI=1S/C30H44N6O11/c1-15(2)24(31)28(44)35-21(14-37)29(45)36-12-4-5-22(36)27(43)32-16(3)25(41)34-20(13-17-6-8-18(38)9-7-17)26(42)33-19(30(46)47)10-11-23(39)40/h6-9,15-16,19-22,24,37-38H,4-5,10-14,31H2,1-3H3,(H,32,43)(H,33,42)(H,34,41)(H,35,44)(H,39,40)(H,46,47)/t16-,19-,20-,21-,22-,24-/m0/s1. The number of carboxylic acid groups (broad SMARTS) is 2. The Balaban J connectivity index is 2.14. The predicted molar refractivity (Wildman–Crippen MR) is 164 cm³/mol. The summed E-state index contributed by atoms with van der Waals surface area (Å²) >= 11 is 0. The maximum Gasteiger partial charge on any atom is 0.326 e. The van der Waals surface area contributed by atoms with Crippen LogP contribution in [0.3, 0.4) is 0 Å². The lowest BCUT2D eigenvalue weighted by Gasteiger charge is -2.29. The van der Waals surface area contributed by atoms with E-state index in [0.29, 0.717) is 12.0 Å². The summed E-state index contributed by atoms with van der Waals surface area (Å²) in [6.07, 6.45) is -0.424. The number of hydrogen-bond donors (Lipinski definition) is 9. The van der Waals surface area contributed by atoms with Crippen molar-refractivity contribution in [3.05, 3.63) is 29.8 Å². The summed E-state index contributed by atoms with van der Waals surface area (Å²) < 4.78 is 0. The molecule has 2 rings (SSSR count). The monoisotopic (exact) mass is 664 g/mol. The summed E-state index contributed by atoms with van der Waals surface area (Å²) in [6.45, 7) is 4.19. The fraction of sp³-hybridized carbons (Fsp3) is 0.567. The number of aromatic hydroxyl groups is 1. The normalized spacial score (nSPS) is 17.5. The molecule has 1 heterocycles. The first-order valence-electron chi connectivity index (χ1n) is 15.2. The Bertz CT molecular complexity index is 1310. The van der Waals surface area contributed by atoms with Crippen LogP contribution in [0.25, 0.3) is 0 Å². The van der Waals surface area contributed by atoms with E-state index < -0.39 is 97.2 Å². The number of likely N-dealkylation sites (tertiary alicyclic amines) is 1. The number of benzene rings is 1. The molecule has 0 radical (unpaired) electrons. The van der Waals surface area contributed by atoms with E-state index >= 15 is 0 Å². The minimum atomic E-state index is -1.56. The van der Waals surface area contributed by atoms with Crippen molar-refractivity contribution in [2.45, 2.75) is 89.1 Å². The molecule has 10 N–H and O–H groups in total. The highest BCUT2D eigenvalue weighted by Crippen LogP contribution is 2.19. The van der Waals surface area contributed by atoms with Crippen molar-refractivity contribution in [2.75, 3.05) is 13.2 Å². The SMILES string of the molecule is CC(C)[C@H](N)C(=O)N[C@@H](CO)C(=O)N1CCC[C@H]1C(=O)N[C@@H](C)C(=O)N[C@@H](Cc1ccc(O)cc1)C(=O)N[C@@H](CCC(=O)O)C(=O)O. The van der Waals surface area contributed by atoms with Gasteiger partial charge in [0.15, 0.2) is 0 Å². The molecule has 17 nitrogen and oxygen atoms in total. The summed E-state index contributed by atoms with van der Waals surface area (Å²) in [4.78, 5) is 88.9. The first-order valence-corrected chi connectivity index (χ1v) is 15.2. The van der Waals surface area contributed by atoms with Crippen LogP contribution in [0, 0.1) is 5.92 Å². The van der Waals surface area contributed by atoms with E-state index in [2.05, 4.69) is 21.3 Å². The molecule has 1 aliphatic rings. The van der Waals surface area contributed by atoms with E-state index in [1.54, 1.807) is 13.8 Å². The third-order valence-electron chi connectivity index (χ3n) is 7.68. The number of rotatable bonds is 17. The lowest BCUT2D eigenvalue weighted by Crippen LogP contribution is -2.59. The average molecular weight is 665 g/mol. The number of nitrogens with zero attached hydrogens (tertiary/aromatic N) is 1. The van der Waals surface area contributed by atoms with Crippen molar-refractivity contribution in [1.29, 1.82) is 0 Å². The maximum absolute atomic E-state index is 13.2. The zero-order chi connectivity index (χ0) is 35.4. The first kappa shape index (κ1) is 38.4. The van der Waals surface area contributed by atoms with Gasteiger partial charge in [0, 0.05) is 19.4 Å². The number of nitrogens with one attached hydrogen (secondary N) is 4. The van der Waals surface area contributed by atoms with Gasteiger partial charge in [-0.05, 0) is 49.8 Å². The lowest BCUT2D eigenvalue weighted by molar-refractivity contribution is -0.143. The fourth-order valence-electron chi connectivity index (χ4n) is 4.81. The van der Waals surface area contributed by atoms with E-state index in [9.17, 15) is 48.9 Å². The molecule has 1 aromatic carbocycles. The second-order valence-electron chi connectivity index (χ2n) is 11.7. The molecule has 5 amide bonds. The number of phenols is 1. The number of aliphatic hydroxyl groups is 1. The molecule has 6 atom stereocenters. The summed E-state index contributed by atoms with van der Waals surface area (Å²) in [5, 5.41) is 47.4. The molecule has 0 bridgehead atoms. The summed E-state index contributed by atoms with van der Waals surface area (Å²) in [7, 11) is 0. The smallest absolute Gasteiger partial charge is 0.326 e. The highest BCUT2D eigenvalue weighted by Gasteiger charge is 2.39. The second-order valence-corrected chi connectivity index (χ2v) is 11.7. The Labute approximate surface area is 271 Å². The van der Waals surface area contributed by atoms with Crippen molar-refractivity contribution < 1.29 is 54.0 Å². The van der Waals surface area contributed by atoms with Gasteiger partial charge in [0.2, 0.25) is 29.5 Å². The number of carbonyl (C=O) groups is 7. The van der Waals surface area contributed by atoms with Crippen LogP contribution in [0.4, 0.5) is 0 Å². The van der Waals surface area contributed by atoms with Gasteiger partial charge in [0.1, 0.15) is 36.0 Å². The highest BCUT2D eigenvalue weighted by atomic mass is 16.4. The van der Waals surface area contributed by atoms with Gasteiger partial charge in [0.25, 0.3) is 0 Å². The minimum absolute atomic E-state index is 0.0546. The quantitative estimate of drug-likeness (QED) is 0.0859. The molecule has 0 saturated carbocycles. The number of aliphatic hydroxyl groups excluding tert-OH is 1. The molecular weight excluding hydrogens is 620 g/mol. The van der Waals surface area contributed by atoms with Gasteiger partial charge < -0.3 is 52.3 Å². The van der Waals surface area contributed by atoms with Crippen LogP contribution in [0.1, 0.15) is 52.0 Å². The van der Waals surface area contributed by atoms with Crippen molar-refractivity contribution >= 4 is 41.5 Å². The number of nitrogens with two attached hydrogens (primary N) is 1. The number of phenolic OH excluding ortho intramolecular Hbond substituents is 1. The largest absolute Gasteiger partial charge is 0.508 e. The van der Waals surface area contributed by atoms with Crippen LogP contribution in [-0.4, -0.2) is 116 Å². The number of aliphatic carboxylic acids is 2. The van der Waals surface area contributed by atoms with E-state index in [1.165, 1.54) is 36.1 Å². The van der Waals surface area contributed by atoms with Gasteiger partial charge in [-0.1, -0.05) is 26.0 Å². The Kier molecular flexibility index (Phi) is 14.5. The van der Waals surface area contributed by atoms with E-state index in [1.807, 2.05) is 0 Å². The van der Waals surface area contributed by atoms with Crippen LogP contribution >= 0.6 is 0 Å². The molecule has 1 aromatic rings. The molecule has 1 fully saturated rings. The van der Waals surface area contributed by atoms with Crippen molar-refractivity contribution in [3.63, 3.8) is 0 Å². The molecule has 17 heteroatoms. The number of hydrogen-bond acceptors (Lipinski definition) is 10. The fourth-order valence-corrected chi connectivity index (χ4v) is 4.81. The van der Waals surface area contributed by atoms with Crippen LogP contribution in [0.5, 0.6) is 5.75 Å². The van der Waals surface area contributed by atoms with Crippen LogP contribution in [0.15, 0.2) is 24.3 Å². The van der Waals surface area contributed by atoms with Gasteiger partial charge in [0.05, 0.1) is 12.6 Å². The Hall–Kier alpha value is -4.77. The number of carbonyl (C=O) groups excluding carboxylic acids is 5. The van der Waals surface area contributed by atoms with E-state index in [4.69, 9.17) is 10.8 Å². The summed E-state index contributed by atoms with van der Waals surface area (Å²) in [6, 6.07) is -1.79. The molecule has 260 valence electrons. The zero-order valence-corrected chi connectivity index (χ0v) is 26.5.